The molecule has 0 fully saturated rings. The van der Waals surface area contributed by atoms with Gasteiger partial charge in [-0.25, -0.2) is 9.37 Å². The normalized spacial score (nSPS) is 12.5. The Hall–Kier alpha value is -2.51. The number of hydrogen-bond donors (Lipinski definition) is 2. The van der Waals surface area contributed by atoms with Crippen molar-refractivity contribution < 1.29 is 19.3 Å². The molecular formula is C15H14FN3O3. The van der Waals surface area contributed by atoms with Crippen molar-refractivity contribution in [2.45, 2.75) is 12.6 Å². The van der Waals surface area contributed by atoms with E-state index in [0.29, 0.717) is 11.6 Å². The Morgan fingerprint density at radius 3 is 2.73 bits per heavy atom. The highest BCUT2D eigenvalue weighted by Crippen LogP contribution is 2.23. The van der Waals surface area contributed by atoms with Crippen LogP contribution in [0.4, 0.5) is 4.39 Å². The van der Waals surface area contributed by atoms with Crippen molar-refractivity contribution in [2.24, 2.45) is 0 Å². The number of halogens is 1. The first-order valence-electron chi connectivity index (χ1n) is 6.69. The van der Waals surface area contributed by atoms with Crippen LogP contribution in [0.5, 0.6) is 11.6 Å². The Morgan fingerprint density at radius 2 is 2.00 bits per heavy atom. The first-order valence-corrected chi connectivity index (χ1v) is 6.69. The lowest BCUT2D eigenvalue weighted by Crippen LogP contribution is -2.20. The summed E-state index contributed by atoms with van der Waals surface area (Å²) in [5.74, 6) is 0.511. The van der Waals surface area contributed by atoms with E-state index in [1.54, 1.807) is 23.1 Å². The van der Waals surface area contributed by atoms with Gasteiger partial charge in [-0.3, -0.25) is 4.68 Å². The summed E-state index contributed by atoms with van der Waals surface area (Å²) >= 11 is 0. The second-order valence-electron chi connectivity index (χ2n) is 4.80. The van der Waals surface area contributed by atoms with E-state index >= 15 is 0 Å². The number of aliphatic hydroxyl groups excluding tert-OH is 2. The minimum absolute atomic E-state index is 0.180. The van der Waals surface area contributed by atoms with E-state index in [0.717, 1.165) is 10.9 Å². The highest BCUT2D eigenvalue weighted by Gasteiger charge is 2.10. The van der Waals surface area contributed by atoms with Crippen LogP contribution < -0.4 is 4.74 Å². The number of pyridine rings is 1. The third-order valence-corrected chi connectivity index (χ3v) is 3.13. The summed E-state index contributed by atoms with van der Waals surface area (Å²) in [6, 6.07) is 7.35. The van der Waals surface area contributed by atoms with Crippen LogP contribution in [-0.4, -0.2) is 37.7 Å². The van der Waals surface area contributed by atoms with Gasteiger partial charge < -0.3 is 14.9 Å². The van der Waals surface area contributed by atoms with Crippen molar-refractivity contribution in [1.29, 1.82) is 0 Å². The molecule has 7 heteroatoms. The summed E-state index contributed by atoms with van der Waals surface area (Å²) in [7, 11) is 0. The lowest BCUT2D eigenvalue weighted by atomic mass is 10.3. The monoisotopic (exact) mass is 303 g/mol. The molecule has 2 N–H and O–H groups in total. The van der Waals surface area contributed by atoms with Gasteiger partial charge in [0.15, 0.2) is 0 Å². The molecule has 1 aromatic carbocycles. The maximum absolute atomic E-state index is 12.8. The summed E-state index contributed by atoms with van der Waals surface area (Å²) in [5, 5.41) is 23.3. The van der Waals surface area contributed by atoms with Gasteiger partial charge in [-0.05, 0) is 24.3 Å². The van der Waals surface area contributed by atoms with Crippen LogP contribution in [0.15, 0.2) is 42.7 Å². The highest BCUT2D eigenvalue weighted by atomic mass is 19.1. The molecule has 0 aliphatic carbocycles. The van der Waals surface area contributed by atoms with Crippen LogP contribution in [0.25, 0.3) is 10.9 Å². The molecule has 0 saturated heterocycles. The smallest absolute Gasteiger partial charge is 0.219 e. The SMILES string of the molecule is OCC(O)Cn1ncc2cc(Oc3ccc(F)cc3)ncc21. The van der Waals surface area contributed by atoms with Crippen LogP contribution in [0.2, 0.25) is 0 Å². The quantitative estimate of drug-likeness (QED) is 0.750. The molecule has 0 aliphatic heterocycles. The number of benzene rings is 1. The van der Waals surface area contributed by atoms with Gasteiger partial charge in [0, 0.05) is 11.5 Å². The average molecular weight is 303 g/mol. The number of fused-ring (bicyclic) bond motifs is 1. The third-order valence-electron chi connectivity index (χ3n) is 3.13. The molecule has 2 heterocycles. The second kappa shape index (κ2) is 6.08. The summed E-state index contributed by atoms with van der Waals surface area (Å²) in [4.78, 5) is 4.17. The van der Waals surface area contributed by atoms with Gasteiger partial charge in [0.1, 0.15) is 11.6 Å². The Morgan fingerprint density at radius 1 is 1.23 bits per heavy atom. The molecule has 0 bridgehead atoms. The summed E-state index contributed by atoms with van der Waals surface area (Å²) in [6.07, 6.45) is 2.32. The Bertz CT molecular complexity index is 773. The van der Waals surface area contributed by atoms with Crippen molar-refractivity contribution >= 4 is 10.9 Å². The van der Waals surface area contributed by atoms with E-state index < -0.39 is 6.10 Å². The number of ether oxygens (including phenoxy) is 1. The standard InChI is InChI=1S/C15H14FN3O3/c16-11-1-3-13(4-2-11)22-15-5-10-6-18-19(8-12(21)9-20)14(10)7-17-15/h1-7,12,20-21H,8-9H2. The molecule has 114 valence electrons. The van der Waals surface area contributed by atoms with E-state index in [2.05, 4.69) is 10.1 Å². The van der Waals surface area contributed by atoms with Crippen molar-refractivity contribution in [3.8, 4) is 11.6 Å². The molecule has 0 amide bonds. The minimum Gasteiger partial charge on any atom is -0.439 e. The van der Waals surface area contributed by atoms with Crippen molar-refractivity contribution in [1.82, 2.24) is 14.8 Å². The zero-order valence-corrected chi connectivity index (χ0v) is 11.6. The van der Waals surface area contributed by atoms with Crippen molar-refractivity contribution in [3.05, 3.63) is 48.5 Å². The molecule has 0 spiro atoms. The molecule has 1 unspecified atom stereocenters. The summed E-state index contributed by atoms with van der Waals surface area (Å²) in [5.41, 5.74) is 0.721. The molecular weight excluding hydrogens is 289 g/mol. The van der Waals surface area contributed by atoms with Crippen LogP contribution >= 0.6 is 0 Å². The molecule has 1 atom stereocenters. The molecule has 0 saturated carbocycles. The van der Waals surface area contributed by atoms with E-state index in [4.69, 9.17) is 9.84 Å². The number of nitrogens with zero attached hydrogens (tertiary/aromatic N) is 3. The number of rotatable bonds is 5. The summed E-state index contributed by atoms with van der Waals surface area (Å²) in [6.45, 7) is -0.152. The maximum Gasteiger partial charge on any atom is 0.219 e. The predicted octanol–water partition coefficient (Wildman–Crippen LogP) is 1.72. The summed E-state index contributed by atoms with van der Waals surface area (Å²) < 4.78 is 20.0. The van der Waals surface area contributed by atoms with Gasteiger partial charge in [0.25, 0.3) is 0 Å². The molecule has 3 rings (SSSR count). The van der Waals surface area contributed by atoms with Crippen LogP contribution in [0, 0.1) is 5.82 Å². The van der Waals surface area contributed by atoms with Crippen LogP contribution in [-0.2, 0) is 6.54 Å². The molecule has 0 aliphatic rings. The van der Waals surface area contributed by atoms with Crippen molar-refractivity contribution in [3.63, 3.8) is 0 Å². The zero-order chi connectivity index (χ0) is 15.5. The predicted molar refractivity (Wildman–Crippen MR) is 77.1 cm³/mol. The fourth-order valence-electron chi connectivity index (χ4n) is 2.04. The largest absolute Gasteiger partial charge is 0.439 e. The molecule has 6 nitrogen and oxygen atoms in total. The topological polar surface area (TPSA) is 80.4 Å². The maximum atomic E-state index is 12.8. The van der Waals surface area contributed by atoms with Gasteiger partial charge in [0.2, 0.25) is 5.88 Å². The Kier molecular flexibility index (Phi) is 3.99. The molecule has 0 radical (unpaired) electrons. The van der Waals surface area contributed by atoms with E-state index in [-0.39, 0.29) is 19.0 Å². The van der Waals surface area contributed by atoms with Crippen LogP contribution in [0.1, 0.15) is 0 Å². The van der Waals surface area contributed by atoms with Gasteiger partial charge >= 0.3 is 0 Å². The van der Waals surface area contributed by atoms with Crippen LogP contribution in [0.3, 0.4) is 0 Å². The molecule has 22 heavy (non-hydrogen) atoms. The van der Waals surface area contributed by atoms with E-state index in [9.17, 15) is 9.50 Å². The van der Waals surface area contributed by atoms with E-state index in [1.807, 2.05) is 0 Å². The number of hydrogen-bond acceptors (Lipinski definition) is 5. The lowest BCUT2D eigenvalue weighted by Gasteiger charge is -2.08. The van der Waals surface area contributed by atoms with Gasteiger partial charge in [-0.1, -0.05) is 0 Å². The fourth-order valence-corrected chi connectivity index (χ4v) is 2.04. The van der Waals surface area contributed by atoms with Gasteiger partial charge in [-0.15, -0.1) is 0 Å². The first kappa shape index (κ1) is 14.4. The minimum atomic E-state index is -0.877. The molecule has 2 aromatic heterocycles. The lowest BCUT2D eigenvalue weighted by molar-refractivity contribution is 0.0793. The Balaban J connectivity index is 1.83. The van der Waals surface area contributed by atoms with Crippen molar-refractivity contribution in [2.75, 3.05) is 6.61 Å². The second-order valence-corrected chi connectivity index (χ2v) is 4.80. The highest BCUT2D eigenvalue weighted by molar-refractivity contribution is 5.78. The third kappa shape index (κ3) is 3.05. The number of aromatic nitrogens is 3. The average Bonchev–Trinajstić information content (AvgIpc) is 2.92. The van der Waals surface area contributed by atoms with E-state index in [1.165, 1.54) is 24.3 Å². The van der Waals surface area contributed by atoms with Gasteiger partial charge in [0.05, 0.1) is 37.2 Å². The number of aliphatic hydroxyl groups is 2. The zero-order valence-electron chi connectivity index (χ0n) is 11.6. The molecule has 3 aromatic rings. The fraction of sp³-hybridized carbons (Fsp3) is 0.200. The Labute approximate surface area is 125 Å². The van der Waals surface area contributed by atoms with Gasteiger partial charge in [-0.2, -0.15) is 5.10 Å². The first-order chi connectivity index (χ1) is 10.7.